The molecule has 0 bridgehead atoms. The number of rotatable bonds is 6. The van der Waals surface area contributed by atoms with Crippen molar-refractivity contribution in [3.05, 3.63) is 65.9 Å². The summed E-state index contributed by atoms with van der Waals surface area (Å²) in [7, 11) is 0. The van der Waals surface area contributed by atoms with E-state index in [0.717, 1.165) is 10.9 Å². The number of ketones is 1. The molecule has 168 valence electrons. The van der Waals surface area contributed by atoms with Crippen LogP contribution in [-0.4, -0.2) is 68.6 Å². The third-order valence-corrected chi connectivity index (χ3v) is 5.25. The average molecular weight is 442 g/mol. The Morgan fingerprint density at radius 1 is 1.06 bits per heavy atom. The average Bonchev–Trinajstić information content (AvgIpc) is 3.26. The van der Waals surface area contributed by atoms with Crippen LogP contribution in [-0.2, 0) is 4.74 Å². The quantitative estimate of drug-likeness (QED) is 0.280. The van der Waals surface area contributed by atoms with Gasteiger partial charge in [-0.25, -0.2) is 0 Å². The molecule has 32 heavy (non-hydrogen) atoms. The van der Waals surface area contributed by atoms with E-state index in [2.05, 4.69) is 0 Å². The zero-order chi connectivity index (χ0) is 22.8. The molecule has 0 radical (unpaired) electrons. The van der Waals surface area contributed by atoms with Crippen LogP contribution in [0.1, 0.15) is 15.9 Å². The molecule has 1 saturated heterocycles. The van der Waals surface area contributed by atoms with Crippen molar-refractivity contribution >= 4 is 22.8 Å². The third kappa shape index (κ3) is 4.24. The fraction of sp³-hybridized carbons (Fsp3) is 0.261. The van der Waals surface area contributed by atoms with Gasteiger partial charge >= 0.3 is 0 Å². The maximum absolute atomic E-state index is 12.9. The Morgan fingerprint density at radius 2 is 1.88 bits per heavy atom. The molecule has 0 spiro atoms. The maximum atomic E-state index is 12.9. The smallest absolute Gasteiger partial charge is 0.229 e. The van der Waals surface area contributed by atoms with Crippen LogP contribution in [0.5, 0.6) is 11.5 Å². The van der Waals surface area contributed by atoms with Crippen molar-refractivity contribution in [1.82, 2.24) is 0 Å². The van der Waals surface area contributed by atoms with Crippen LogP contribution < -0.4 is 4.74 Å². The standard InChI is InChI=1S/C23H22O9/c24-11-18-20(27)21(28)22(29)23(32-18)31-17-3-1-2-14(25)19(17)15(26)6-4-12-5-7-16-13(10-12)8-9-30-16/h1-10,18,20-25,27-29H,11H2/t18-,20-,21+,22-,23-/m0/s1. The van der Waals surface area contributed by atoms with Gasteiger partial charge in [0, 0.05) is 5.39 Å². The number of hydrogen-bond donors (Lipinski definition) is 5. The molecule has 1 aromatic heterocycles. The lowest BCUT2D eigenvalue weighted by Crippen LogP contribution is -2.60. The van der Waals surface area contributed by atoms with Gasteiger partial charge in [0.15, 0.2) is 5.78 Å². The molecule has 1 aliphatic heterocycles. The Balaban J connectivity index is 1.57. The Morgan fingerprint density at radius 3 is 2.66 bits per heavy atom. The lowest BCUT2D eigenvalue weighted by molar-refractivity contribution is -0.277. The van der Waals surface area contributed by atoms with E-state index in [1.807, 2.05) is 6.07 Å². The minimum atomic E-state index is -1.66. The molecule has 0 saturated carbocycles. The zero-order valence-electron chi connectivity index (χ0n) is 16.7. The predicted molar refractivity (Wildman–Crippen MR) is 112 cm³/mol. The second kappa shape index (κ2) is 9.11. The number of carbonyl (C=O) groups is 1. The van der Waals surface area contributed by atoms with Crippen molar-refractivity contribution in [2.75, 3.05) is 6.61 Å². The molecule has 0 aliphatic carbocycles. The summed E-state index contributed by atoms with van der Waals surface area (Å²) in [5.41, 5.74) is 1.27. The molecule has 1 fully saturated rings. The van der Waals surface area contributed by atoms with Crippen LogP contribution in [0.3, 0.4) is 0 Å². The molecular formula is C23H22O9. The van der Waals surface area contributed by atoms with Crippen molar-refractivity contribution < 1.29 is 44.2 Å². The van der Waals surface area contributed by atoms with Crippen LogP contribution in [0.2, 0.25) is 0 Å². The highest BCUT2D eigenvalue weighted by Gasteiger charge is 2.45. The SMILES string of the molecule is O=C(C=Cc1ccc2occc2c1)c1c(O)cccc1O[C@H]1O[C@@H](CO)[C@H](O)[C@@H](O)[C@@H]1O. The summed E-state index contributed by atoms with van der Waals surface area (Å²) in [5, 5.41) is 50.5. The molecule has 5 atom stereocenters. The van der Waals surface area contributed by atoms with E-state index in [9.17, 15) is 30.3 Å². The molecule has 0 amide bonds. The molecule has 9 nitrogen and oxygen atoms in total. The molecular weight excluding hydrogens is 420 g/mol. The molecule has 3 aromatic rings. The summed E-state index contributed by atoms with van der Waals surface area (Å²) in [6, 6.07) is 11.3. The number of carbonyl (C=O) groups excluding carboxylic acids is 1. The highest BCUT2D eigenvalue weighted by molar-refractivity contribution is 6.10. The number of ether oxygens (including phenoxy) is 2. The second-order valence-electron chi connectivity index (χ2n) is 7.38. The van der Waals surface area contributed by atoms with Crippen molar-refractivity contribution in [1.29, 1.82) is 0 Å². The van der Waals surface area contributed by atoms with E-state index in [1.165, 1.54) is 24.3 Å². The fourth-order valence-electron chi connectivity index (χ4n) is 3.50. The number of fused-ring (bicyclic) bond motifs is 1. The Hall–Kier alpha value is -3.21. The second-order valence-corrected chi connectivity index (χ2v) is 7.38. The molecule has 1 aliphatic rings. The first kappa shape index (κ1) is 22.0. The summed E-state index contributed by atoms with van der Waals surface area (Å²) < 4.78 is 16.2. The first-order chi connectivity index (χ1) is 15.4. The number of furan rings is 1. The first-order valence-electron chi connectivity index (χ1n) is 9.88. The van der Waals surface area contributed by atoms with Crippen molar-refractivity contribution in [3.8, 4) is 11.5 Å². The number of aliphatic hydroxyl groups excluding tert-OH is 4. The molecule has 2 heterocycles. The van der Waals surface area contributed by atoms with Gasteiger partial charge in [0.25, 0.3) is 0 Å². The number of aromatic hydroxyl groups is 1. The van der Waals surface area contributed by atoms with Crippen molar-refractivity contribution in [2.45, 2.75) is 30.7 Å². The van der Waals surface area contributed by atoms with E-state index >= 15 is 0 Å². The first-order valence-corrected chi connectivity index (χ1v) is 9.88. The number of allylic oxidation sites excluding steroid dienone is 1. The molecule has 4 rings (SSSR count). The van der Waals surface area contributed by atoms with Gasteiger partial charge in [-0.15, -0.1) is 0 Å². The van der Waals surface area contributed by atoms with Gasteiger partial charge in [-0.3, -0.25) is 4.79 Å². The van der Waals surface area contributed by atoms with Crippen LogP contribution in [0.15, 0.2) is 59.2 Å². The summed E-state index contributed by atoms with van der Waals surface area (Å²) in [6.07, 6.45) is -3.12. The number of hydrogen-bond acceptors (Lipinski definition) is 9. The Labute approximate surface area is 182 Å². The normalized spacial score (nSPS) is 25.9. The summed E-state index contributed by atoms with van der Waals surface area (Å²) in [6.45, 7) is -0.625. The molecule has 9 heteroatoms. The summed E-state index contributed by atoms with van der Waals surface area (Å²) in [5.74, 6) is -1.03. The van der Waals surface area contributed by atoms with E-state index in [1.54, 1.807) is 30.5 Å². The third-order valence-electron chi connectivity index (χ3n) is 5.25. The van der Waals surface area contributed by atoms with Crippen molar-refractivity contribution in [2.24, 2.45) is 0 Å². The predicted octanol–water partition coefficient (Wildman–Crippen LogP) is 1.21. The number of aliphatic hydroxyl groups is 4. The number of benzene rings is 2. The van der Waals surface area contributed by atoms with Gasteiger partial charge in [-0.05, 0) is 42.0 Å². The highest BCUT2D eigenvalue weighted by Crippen LogP contribution is 2.32. The maximum Gasteiger partial charge on any atom is 0.229 e. The molecule has 5 N–H and O–H groups in total. The van der Waals surface area contributed by atoms with Crippen LogP contribution in [0, 0.1) is 0 Å². The van der Waals surface area contributed by atoms with Gasteiger partial charge in [0.2, 0.25) is 6.29 Å². The van der Waals surface area contributed by atoms with Crippen LogP contribution in [0.4, 0.5) is 0 Å². The van der Waals surface area contributed by atoms with E-state index in [0.29, 0.717) is 5.58 Å². The van der Waals surface area contributed by atoms with Crippen molar-refractivity contribution in [3.63, 3.8) is 0 Å². The Bertz CT molecular complexity index is 1130. The molecule has 2 aromatic carbocycles. The van der Waals surface area contributed by atoms with Crippen LogP contribution >= 0.6 is 0 Å². The van der Waals surface area contributed by atoms with E-state index in [4.69, 9.17) is 13.9 Å². The summed E-state index contributed by atoms with van der Waals surface area (Å²) >= 11 is 0. The van der Waals surface area contributed by atoms with E-state index < -0.39 is 43.1 Å². The zero-order valence-corrected chi connectivity index (χ0v) is 16.7. The number of phenolic OH excluding ortho intramolecular Hbond substituents is 1. The minimum absolute atomic E-state index is 0.103. The lowest BCUT2D eigenvalue weighted by atomic mass is 9.99. The van der Waals surface area contributed by atoms with E-state index in [-0.39, 0.29) is 17.1 Å². The number of phenols is 1. The van der Waals surface area contributed by atoms with Crippen LogP contribution in [0.25, 0.3) is 17.0 Å². The van der Waals surface area contributed by atoms with Gasteiger partial charge in [-0.1, -0.05) is 18.2 Å². The monoisotopic (exact) mass is 442 g/mol. The highest BCUT2D eigenvalue weighted by atomic mass is 16.7. The largest absolute Gasteiger partial charge is 0.507 e. The molecule has 0 unspecified atom stereocenters. The van der Waals surface area contributed by atoms with Gasteiger partial charge in [-0.2, -0.15) is 0 Å². The van der Waals surface area contributed by atoms with Gasteiger partial charge < -0.3 is 39.4 Å². The minimum Gasteiger partial charge on any atom is -0.507 e. The lowest BCUT2D eigenvalue weighted by Gasteiger charge is -2.39. The summed E-state index contributed by atoms with van der Waals surface area (Å²) in [4.78, 5) is 12.9. The van der Waals surface area contributed by atoms with Gasteiger partial charge in [0.05, 0.1) is 12.9 Å². The van der Waals surface area contributed by atoms with Gasteiger partial charge in [0.1, 0.15) is 47.1 Å². The Kier molecular flexibility index (Phi) is 6.26. The fourth-order valence-corrected chi connectivity index (χ4v) is 3.50. The topological polar surface area (TPSA) is 150 Å².